The van der Waals surface area contributed by atoms with Crippen molar-refractivity contribution in [3.05, 3.63) is 35.8 Å². The molecule has 0 radical (unpaired) electrons. The van der Waals surface area contributed by atoms with E-state index in [1.807, 2.05) is 0 Å². The number of nitrogens with zero attached hydrogens (tertiary/aromatic N) is 1. The lowest BCUT2D eigenvalue weighted by Crippen LogP contribution is -1.90. The van der Waals surface area contributed by atoms with Crippen molar-refractivity contribution in [1.29, 1.82) is 0 Å². The molecule has 0 saturated carbocycles. The molecule has 0 aliphatic rings. The molecule has 0 unspecified atom stereocenters. The van der Waals surface area contributed by atoms with Gasteiger partial charge < -0.3 is 5.73 Å². The van der Waals surface area contributed by atoms with Crippen molar-refractivity contribution in [3.63, 3.8) is 0 Å². The quantitative estimate of drug-likeness (QED) is 0.625. The van der Waals surface area contributed by atoms with Crippen molar-refractivity contribution in [2.45, 2.75) is 6.92 Å². The zero-order valence-corrected chi connectivity index (χ0v) is 7.21. The smallest absolute Gasteiger partial charge is 0.145 e. The lowest BCUT2D eigenvalue weighted by atomic mass is 10.2. The van der Waals surface area contributed by atoms with Crippen LogP contribution in [0.4, 0.5) is 10.1 Å². The zero-order chi connectivity index (χ0) is 9.42. The van der Waals surface area contributed by atoms with Gasteiger partial charge in [0.1, 0.15) is 5.82 Å². The van der Waals surface area contributed by atoms with Gasteiger partial charge in [0.05, 0.1) is 11.2 Å². The fourth-order valence-corrected chi connectivity index (χ4v) is 1.27. The molecule has 1 heterocycles. The van der Waals surface area contributed by atoms with Gasteiger partial charge in [-0.15, -0.1) is 0 Å². The molecule has 2 aromatic rings. The third-order valence-electron chi connectivity index (χ3n) is 1.97. The first-order valence-corrected chi connectivity index (χ1v) is 3.99. The molecule has 3 heteroatoms. The van der Waals surface area contributed by atoms with E-state index in [4.69, 9.17) is 5.73 Å². The summed E-state index contributed by atoms with van der Waals surface area (Å²) < 4.78 is 13.1. The van der Waals surface area contributed by atoms with Crippen molar-refractivity contribution in [2.24, 2.45) is 0 Å². The Kier molecular flexibility index (Phi) is 1.65. The van der Waals surface area contributed by atoms with Crippen LogP contribution >= 0.6 is 0 Å². The maximum absolute atomic E-state index is 13.1. The molecule has 66 valence electrons. The molecule has 0 bridgehead atoms. The molecular weight excluding hydrogens is 167 g/mol. The Bertz CT molecular complexity index is 466. The molecule has 13 heavy (non-hydrogen) atoms. The van der Waals surface area contributed by atoms with Crippen molar-refractivity contribution in [1.82, 2.24) is 4.98 Å². The fraction of sp³-hybridized carbons (Fsp3) is 0.100. The summed E-state index contributed by atoms with van der Waals surface area (Å²) in [5, 5.41) is 0.739. The standard InChI is InChI=1S/C10H9FN2/c1-6-9(11)5-7-4-8(12)2-3-10(7)13-6/h2-5H,12H2,1H3. The Hall–Kier alpha value is -1.64. The maximum atomic E-state index is 13.1. The van der Waals surface area contributed by atoms with Crippen LogP contribution in [0.2, 0.25) is 0 Å². The van der Waals surface area contributed by atoms with Gasteiger partial charge >= 0.3 is 0 Å². The number of hydrogen-bond donors (Lipinski definition) is 1. The van der Waals surface area contributed by atoms with E-state index in [9.17, 15) is 4.39 Å². The number of hydrogen-bond acceptors (Lipinski definition) is 2. The van der Waals surface area contributed by atoms with Crippen LogP contribution in [0.5, 0.6) is 0 Å². The minimum atomic E-state index is -0.293. The molecule has 0 amide bonds. The number of nitrogen functional groups attached to an aromatic ring is 1. The Balaban J connectivity index is 2.81. The van der Waals surface area contributed by atoms with Crippen molar-refractivity contribution in [2.75, 3.05) is 5.73 Å². The number of anilines is 1. The fourth-order valence-electron chi connectivity index (χ4n) is 1.27. The molecule has 0 spiro atoms. The van der Waals surface area contributed by atoms with Crippen LogP contribution in [-0.2, 0) is 0 Å². The number of benzene rings is 1. The summed E-state index contributed by atoms with van der Waals surface area (Å²) >= 11 is 0. The Morgan fingerprint density at radius 3 is 2.85 bits per heavy atom. The molecule has 0 aliphatic carbocycles. The Labute approximate surface area is 75.2 Å². The summed E-state index contributed by atoms with van der Waals surface area (Å²) in [7, 11) is 0. The minimum Gasteiger partial charge on any atom is -0.399 e. The number of halogens is 1. The summed E-state index contributed by atoms with van der Waals surface area (Å²) in [5.74, 6) is -0.293. The van der Waals surface area contributed by atoms with E-state index >= 15 is 0 Å². The van der Waals surface area contributed by atoms with Crippen LogP contribution < -0.4 is 5.73 Å². The summed E-state index contributed by atoms with van der Waals surface area (Å²) in [6, 6.07) is 6.71. The van der Waals surface area contributed by atoms with Crippen molar-refractivity contribution >= 4 is 16.6 Å². The number of rotatable bonds is 0. The molecule has 2 rings (SSSR count). The van der Waals surface area contributed by atoms with E-state index < -0.39 is 0 Å². The lowest BCUT2D eigenvalue weighted by Gasteiger charge is -2.01. The van der Waals surface area contributed by atoms with E-state index in [0.29, 0.717) is 11.4 Å². The second kappa shape index (κ2) is 2.69. The van der Waals surface area contributed by atoms with Crippen molar-refractivity contribution in [3.8, 4) is 0 Å². The molecule has 0 fully saturated rings. The minimum absolute atomic E-state index is 0.293. The maximum Gasteiger partial charge on any atom is 0.145 e. The second-order valence-corrected chi connectivity index (χ2v) is 3.01. The van der Waals surface area contributed by atoms with Crippen LogP contribution in [0.15, 0.2) is 24.3 Å². The van der Waals surface area contributed by atoms with E-state index in [0.717, 1.165) is 10.9 Å². The number of aryl methyl sites for hydroxylation is 1. The summed E-state index contributed by atoms with van der Waals surface area (Å²) in [5.41, 5.74) is 7.37. The van der Waals surface area contributed by atoms with Gasteiger partial charge in [-0.3, -0.25) is 4.98 Å². The van der Waals surface area contributed by atoms with E-state index in [-0.39, 0.29) is 5.82 Å². The molecule has 0 aliphatic heterocycles. The molecule has 1 aromatic heterocycles. The SMILES string of the molecule is Cc1nc2ccc(N)cc2cc1F. The van der Waals surface area contributed by atoms with Crippen LogP contribution in [0.25, 0.3) is 10.9 Å². The van der Waals surface area contributed by atoms with Crippen LogP contribution in [0.1, 0.15) is 5.69 Å². The lowest BCUT2D eigenvalue weighted by molar-refractivity contribution is 0.613. The molecule has 0 atom stereocenters. The highest BCUT2D eigenvalue weighted by Crippen LogP contribution is 2.17. The highest BCUT2D eigenvalue weighted by molar-refractivity contribution is 5.82. The third kappa shape index (κ3) is 1.33. The van der Waals surface area contributed by atoms with Crippen LogP contribution in [0, 0.1) is 12.7 Å². The molecule has 0 saturated heterocycles. The normalized spacial score (nSPS) is 10.6. The highest BCUT2D eigenvalue weighted by Gasteiger charge is 2.01. The predicted octanol–water partition coefficient (Wildman–Crippen LogP) is 2.26. The van der Waals surface area contributed by atoms with E-state index in [1.54, 1.807) is 25.1 Å². The van der Waals surface area contributed by atoms with Gasteiger partial charge in [-0.2, -0.15) is 0 Å². The second-order valence-electron chi connectivity index (χ2n) is 3.01. The highest BCUT2D eigenvalue weighted by atomic mass is 19.1. The first kappa shape index (κ1) is 7.98. The third-order valence-corrected chi connectivity index (χ3v) is 1.97. The molecular formula is C10H9FN2. The van der Waals surface area contributed by atoms with Gasteiger partial charge in [-0.05, 0) is 31.2 Å². The predicted molar refractivity (Wildman–Crippen MR) is 50.9 cm³/mol. The molecule has 2 nitrogen and oxygen atoms in total. The van der Waals surface area contributed by atoms with Crippen LogP contribution in [0.3, 0.4) is 0 Å². The van der Waals surface area contributed by atoms with Gasteiger partial charge in [0, 0.05) is 11.1 Å². The number of aromatic nitrogens is 1. The molecule has 1 aromatic carbocycles. The first-order valence-electron chi connectivity index (χ1n) is 3.99. The van der Waals surface area contributed by atoms with Gasteiger partial charge in [0.2, 0.25) is 0 Å². The van der Waals surface area contributed by atoms with E-state index in [2.05, 4.69) is 4.98 Å². The average molecular weight is 176 g/mol. The Morgan fingerprint density at radius 2 is 2.08 bits per heavy atom. The number of pyridine rings is 1. The monoisotopic (exact) mass is 176 g/mol. The van der Waals surface area contributed by atoms with Gasteiger partial charge in [0.15, 0.2) is 0 Å². The van der Waals surface area contributed by atoms with Gasteiger partial charge in [0.25, 0.3) is 0 Å². The number of nitrogens with two attached hydrogens (primary N) is 1. The van der Waals surface area contributed by atoms with Crippen LogP contribution in [-0.4, -0.2) is 4.98 Å². The first-order chi connectivity index (χ1) is 6.16. The van der Waals surface area contributed by atoms with Gasteiger partial charge in [-0.1, -0.05) is 0 Å². The molecule has 2 N–H and O–H groups in total. The van der Waals surface area contributed by atoms with Crippen molar-refractivity contribution < 1.29 is 4.39 Å². The largest absolute Gasteiger partial charge is 0.399 e. The zero-order valence-electron chi connectivity index (χ0n) is 7.21. The summed E-state index contributed by atoms with van der Waals surface area (Å²) in [4.78, 5) is 4.09. The topological polar surface area (TPSA) is 38.9 Å². The van der Waals surface area contributed by atoms with E-state index in [1.165, 1.54) is 6.07 Å². The Morgan fingerprint density at radius 1 is 1.31 bits per heavy atom. The summed E-state index contributed by atoms with van der Waals surface area (Å²) in [6.07, 6.45) is 0. The average Bonchev–Trinajstić information content (AvgIpc) is 2.08. The van der Waals surface area contributed by atoms with Gasteiger partial charge in [-0.25, -0.2) is 4.39 Å². The summed E-state index contributed by atoms with van der Waals surface area (Å²) in [6.45, 7) is 1.64. The number of fused-ring (bicyclic) bond motifs is 1.